The lowest BCUT2D eigenvalue weighted by atomic mass is 10.2. The number of carbonyl (C=O) groups excluding carboxylic acids is 1. The molecule has 1 aromatic carbocycles. The summed E-state index contributed by atoms with van der Waals surface area (Å²) >= 11 is 1.65. The molecule has 0 heterocycles. The summed E-state index contributed by atoms with van der Waals surface area (Å²) in [6.07, 6.45) is 0.645. The molecule has 0 saturated carbocycles. The Kier molecular flexibility index (Phi) is 7.70. The van der Waals surface area contributed by atoms with E-state index in [0.717, 1.165) is 5.75 Å². The van der Waals surface area contributed by atoms with Crippen LogP contribution in [-0.2, 0) is 10.5 Å². The zero-order chi connectivity index (χ0) is 15.0. The minimum absolute atomic E-state index is 0.132. The summed E-state index contributed by atoms with van der Waals surface area (Å²) in [6, 6.07) is 8.57. The Morgan fingerprint density at radius 3 is 2.75 bits per heavy atom. The van der Waals surface area contributed by atoms with Gasteiger partial charge in [-0.05, 0) is 32.8 Å². The number of benzene rings is 1. The van der Waals surface area contributed by atoms with Crippen molar-refractivity contribution in [2.75, 3.05) is 18.9 Å². The molecule has 0 aliphatic heterocycles. The first-order valence-corrected chi connectivity index (χ1v) is 8.23. The lowest BCUT2D eigenvalue weighted by Crippen LogP contribution is -2.39. The van der Waals surface area contributed by atoms with Crippen molar-refractivity contribution >= 4 is 17.7 Å². The van der Waals surface area contributed by atoms with Crippen LogP contribution in [0.25, 0.3) is 0 Å². The van der Waals surface area contributed by atoms with E-state index in [0.29, 0.717) is 18.7 Å². The van der Waals surface area contributed by atoms with E-state index in [1.165, 1.54) is 11.1 Å². The molecule has 4 heteroatoms. The number of aliphatic hydroxyl groups excluding tert-OH is 1. The molecule has 112 valence electrons. The van der Waals surface area contributed by atoms with Gasteiger partial charge in [0.25, 0.3) is 0 Å². The molecule has 20 heavy (non-hydrogen) atoms. The maximum atomic E-state index is 12.2. The number of aryl methyl sites for hydroxylation is 1. The van der Waals surface area contributed by atoms with Crippen molar-refractivity contribution in [1.82, 2.24) is 4.90 Å². The van der Waals surface area contributed by atoms with Crippen molar-refractivity contribution < 1.29 is 9.90 Å². The number of nitrogens with zero attached hydrogens (tertiary/aromatic N) is 1. The first-order valence-electron chi connectivity index (χ1n) is 7.08. The van der Waals surface area contributed by atoms with Gasteiger partial charge in [-0.25, -0.2) is 0 Å². The maximum absolute atomic E-state index is 12.2. The van der Waals surface area contributed by atoms with E-state index in [-0.39, 0.29) is 18.6 Å². The summed E-state index contributed by atoms with van der Waals surface area (Å²) < 4.78 is 0. The molecule has 1 rings (SSSR count). The van der Waals surface area contributed by atoms with Gasteiger partial charge in [0.15, 0.2) is 0 Å². The Labute approximate surface area is 126 Å². The molecule has 0 radical (unpaired) electrons. The van der Waals surface area contributed by atoms with Gasteiger partial charge in [0.2, 0.25) is 5.91 Å². The van der Waals surface area contributed by atoms with Crippen LogP contribution in [0.2, 0.25) is 0 Å². The lowest BCUT2D eigenvalue weighted by Gasteiger charge is -2.26. The topological polar surface area (TPSA) is 40.5 Å². The van der Waals surface area contributed by atoms with Gasteiger partial charge in [-0.2, -0.15) is 0 Å². The van der Waals surface area contributed by atoms with Gasteiger partial charge < -0.3 is 10.0 Å². The minimum Gasteiger partial charge on any atom is -0.396 e. The summed E-state index contributed by atoms with van der Waals surface area (Å²) in [7, 11) is 0. The normalized spacial score (nSPS) is 10.8. The average Bonchev–Trinajstić information content (AvgIpc) is 2.39. The maximum Gasteiger partial charge on any atom is 0.232 e. The highest BCUT2D eigenvalue weighted by Crippen LogP contribution is 2.15. The zero-order valence-electron chi connectivity index (χ0n) is 12.6. The molecule has 1 amide bonds. The molecule has 1 aromatic rings. The summed E-state index contributed by atoms with van der Waals surface area (Å²) in [5.74, 6) is 1.52. The molecule has 0 saturated heterocycles. The molecular weight excluding hydrogens is 270 g/mol. The van der Waals surface area contributed by atoms with Gasteiger partial charge in [-0.3, -0.25) is 4.79 Å². The van der Waals surface area contributed by atoms with Crippen LogP contribution >= 0.6 is 11.8 Å². The van der Waals surface area contributed by atoms with Crippen LogP contribution in [-0.4, -0.2) is 40.9 Å². The monoisotopic (exact) mass is 295 g/mol. The first-order chi connectivity index (χ1) is 9.54. The van der Waals surface area contributed by atoms with Crippen LogP contribution in [0, 0.1) is 6.92 Å². The molecule has 0 aliphatic carbocycles. The van der Waals surface area contributed by atoms with Gasteiger partial charge in [0.05, 0.1) is 5.75 Å². The number of amides is 1. The highest BCUT2D eigenvalue weighted by molar-refractivity contribution is 7.99. The van der Waals surface area contributed by atoms with Gasteiger partial charge >= 0.3 is 0 Å². The molecular formula is C16H25NO2S. The smallest absolute Gasteiger partial charge is 0.232 e. The third-order valence-electron chi connectivity index (χ3n) is 3.08. The second kappa shape index (κ2) is 9.03. The number of hydrogen-bond acceptors (Lipinski definition) is 3. The van der Waals surface area contributed by atoms with Gasteiger partial charge in [0, 0.05) is 24.9 Å². The quantitative estimate of drug-likeness (QED) is 0.802. The third kappa shape index (κ3) is 5.97. The zero-order valence-corrected chi connectivity index (χ0v) is 13.4. The standard InChI is InChI=1S/C16H25NO2S/c1-13(2)17(8-5-9-18)16(19)12-20-11-15-7-4-6-14(3)10-15/h4,6-7,10,13,18H,5,8-9,11-12H2,1-3H3. The number of hydrogen-bond donors (Lipinski definition) is 1. The fourth-order valence-electron chi connectivity index (χ4n) is 2.05. The molecule has 1 N–H and O–H groups in total. The van der Waals surface area contributed by atoms with Crippen molar-refractivity contribution in [2.24, 2.45) is 0 Å². The summed E-state index contributed by atoms with van der Waals surface area (Å²) in [4.78, 5) is 14.0. The highest BCUT2D eigenvalue weighted by Gasteiger charge is 2.16. The van der Waals surface area contributed by atoms with E-state index < -0.39 is 0 Å². The Morgan fingerprint density at radius 2 is 2.15 bits per heavy atom. The summed E-state index contributed by atoms with van der Waals surface area (Å²) in [5.41, 5.74) is 2.51. The molecule has 0 fully saturated rings. The SMILES string of the molecule is Cc1cccc(CSCC(=O)N(CCCO)C(C)C)c1. The van der Waals surface area contributed by atoms with Gasteiger partial charge in [0.1, 0.15) is 0 Å². The number of thioether (sulfide) groups is 1. The van der Waals surface area contributed by atoms with Crippen LogP contribution < -0.4 is 0 Å². The predicted molar refractivity (Wildman–Crippen MR) is 85.9 cm³/mol. The molecule has 0 bridgehead atoms. The molecule has 0 unspecified atom stereocenters. The predicted octanol–water partition coefficient (Wildman–Crippen LogP) is 2.85. The van der Waals surface area contributed by atoms with E-state index in [4.69, 9.17) is 5.11 Å². The van der Waals surface area contributed by atoms with Crippen LogP contribution in [0.5, 0.6) is 0 Å². The minimum atomic E-state index is 0.132. The van der Waals surface area contributed by atoms with Crippen molar-refractivity contribution in [3.8, 4) is 0 Å². The number of carbonyl (C=O) groups is 1. The summed E-state index contributed by atoms with van der Waals surface area (Å²) in [5, 5.41) is 8.89. The Balaban J connectivity index is 2.41. The van der Waals surface area contributed by atoms with Crippen LogP contribution in [0.3, 0.4) is 0 Å². The molecule has 0 atom stereocenters. The third-order valence-corrected chi connectivity index (χ3v) is 4.07. The fraction of sp³-hybridized carbons (Fsp3) is 0.562. The van der Waals surface area contributed by atoms with Crippen molar-refractivity contribution in [3.63, 3.8) is 0 Å². The van der Waals surface area contributed by atoms with Crippen LogP contribution in [0.1, 0.15) is 31.4 Å². The summed E-state index contributed by atoms with van der Waals surface area (Å²) in [6.45, 7) is 6.88. The van der Waals surface area contributed by atoms with E-state index >= 15 is 0 Å². The lowest BCUT2D eigenvalue weighted by molar-refractivity contribution is -0.130. The Bertz CT molecular complexity index is 421. The highest BCUT2D eigenvalue weighted by atomic mass is 32.2. The first kappa shape index (κ1) is 17.1. The fourth-order valence-corrected chi connectivity index (χ4v) is 2.91. The molecule has 0 aromatic heterocycles. The van der Waals surface area contributed by atoms with E-state index in [1.54, 1.807) is 11.8 Å². The molecule has 0 aliphatic rings. The Morgan fingerprint density at radius 1 is 1.40 bits per heavy atom. The van der Waals surface area contributed by atoms with E-state index in [1.807, 2.05) is 18.7 Å². The van der Waals surface area contributed by atoms with Crippen LogP contribution in [0.15, 0.2) is 24.3 Å². The van der Waals surface area contributed by atoms with E-state index in [9.17, 15) is 4.79 Å². The van der Waals surface area contributed by atoms with Gasteiger partial charge in [-0.15, -0.1) is 11.8 Å². The van der Waals surface area contributed by atoms with Crippen molar-refractivity contribution in [3.05, 3.63) is 35.4 Å². The van der Waals surface area contributed by atoms with Gasteiger partial charge in [-0.1, -0.05) is 29.8 Å². The van der Waals surface area contributed by atoms with E-state index in [2.05, 4.69) is 31.2 Å². The van der Waals surface area contributed by atoms with Crippen LogP contribution in [0.4, 0.5) is 0 Å². The van der Waals surface area contributed by atoms with Crippen molar-refractivity contribution in [1.29, 1.82) is 0 Å². The second-order valence-electron chi connectivity index (χ2n) is 5.24. The number of aliphatic hydroxyl groups is 1. The molecule has 0 spiro atoms. The Hall–Kier alpha value is -1.00. The largest absolute Gasteiger partial charge is 0.396 e. The second-order valence-corrected chi connectivity index (χ2v) is 6.23. The average molecular weight is 295 g/mol. The van der Waals surface area contributed by atoms with Crippen molar-refractivity contribution in [2.45, 2.75) is 39.0 Å². The number of rotatable bonds is 8. The molecule has 3 nitrogen and oxygen atoms in total.